The molecule has 0 saturated carbocycles. The lowest BCUT2D eigenvalue weighted by atomic mass is 10.2. The van der Waals surface area contributed by atoms with E-state index < -0.39 is 0 Å². The fourth-order valence-electron chi connectivity index (χ4n) is 3.04. The number of rotatable bonds is 7. The Labute approximate surface area is 169 Å². The molecule has 0 aliphatic carbocycles. The monoisotopic (exact) mass is 390 g/mol. The van der Waals surface area contributed by atoms with Crippen molar-refractivity contribution in [2.75, 3.05) is 23.8 Å². The fourth-order valence-corrected chi connectivity index (χ4v) is 3.04. The summed E-state index contributed by atoms with van der Waals surface area (Å²) in [4.78, 5) is 21.2. The molecule has 7 nitrogen and oxygen atoms in total. The maximum atomic E-state index is 12.7. The SMILES string of the molecule is O=C(Nc1ccccc1Oc1ccccc1)c1ccnc(NCC2CCCO2)n1. The number of hydrogen-bond donors (Lipinski definition) is 2. The standard InChI is InChI=1S/C22H22N4O3/c27-21(19-12-13-23-22(26-19)24-15-17-9-6-14-28-17)25-18-10-4-5-11-20(18)29-16-7-2-1-3-8-16/h1-5,7-8,10-13,17H,6,9,14-15H2,(H,25,27)(H,23,24,26). The van der Waals surface area contributed by atoms with Crippen LogP contribution in [-0.2, 0) is 4.74 Å². The van der Waals surface area contributed by atoms with Gasteiger partial charge in [0, 0.05) is 19.3 Å². The average molecular weight is 390 g/mol. The number of nitrogens with zero attached hydrogens (tertiary/aromatic N) is 2. The van der Waals surface area contributed by atoms with Crippen molar-refractivity contribution in [3.63, 3.8) is 0 Å². The molecule has 0 spiro atoms. The Balaban J connectivity index is 1.43. The van der Waals surface area contributed by atoms with E-state index in [9.17, 15) is 4.79 Å². The summed E-state index contributed by atoms with van der Waals surface area (Å²) in [5.41, 5.74) is 0.832. The Kier molecular flexibility index (Phi) is 5.97. The van der Waals surface area contributed by atoms with Crippen LogP contribution < -0.4 is 15.4 Å². The van der Waals surface area contributed by atoms with E-state index in [4.69, 9.17) is 9.47 Å². The summed E-state index contributed by atoms with van der Waals surface area (Å²) in [5, 5.41) is 6.00. The third kappa shape index (κ3) is 5.08. The van der Waals surface area contributed by atoms with Gasteiger partial charge in [-0.1, -0.05) is 30.3 Å². The van der Waals surface area contributed by atoms with Crippen LogP contribution in [0.5, 0.6) is 11.5 Å². The zero-order chi connectivity index (χ0) is 19.9. The molecular weight excluding hydrogens is 368 g/mol. The van der Waals surface area contributed by atoms with Crippen LogP contribution in [0.1, 0.15) is 23.3 Å². The highest BCUT2D eigenvalue weighted by atomic mass is 16.5. The van der Waals surface area contributed by atoms with E-state index in [2.05, 4.69) is 20.6 Å². The number of benzene rings is 2. The molecular formula is C22H22N4O3. The first-order chi connectivity index (χ1) is 14.3. The Hall–Kier alpha value is -3.45. The minimum Gasteiger partial charge on any atom is -0.455 e. The number of aromatic nitrogens is 2. The zero-order valence-corrected chi connectivity index (χ0v) is 15.9. The van der Waals surface area contributed by atoms with Crippen molar-refractivity contribution in [3.05, 3.63) is 72.6 Å². The summed E-state index contributed by atoms with van der Waals surface area (Å²) in [6.45, 7) is 1.42. The van der Waals surface area contributed by atoms with Gasteiger partial charge in [-0.15, -0.1) is 0 Å². The molecule has 1 atom stereocenters. The second-order valence-corrected chi connectivity index (χ2v) is 6.65. The van der Waals surface area contributed by atoms with Crippen LogP contribution in [0.2, 0.25) is 0 Å². The summed E-state index contributed by atoms with van der Waals surface area (Å²) in [6, 6.07) is 18.3. The number of carbonyl (C=O) groups is 1. The first-order valence-corrected chi connectivity index (χ1v) is 9.60. The second kappa shape index (κ2) is 9.16. The highest BCUT2D eigenvalue weighted by Crippen LogP contribution is 2.29. The minimum absolute atomic E-state index is 0.165. The number of hydrogen-bond acceptors (Lipinski definition) is 6. The summed E-state index contributed by atoms with van der Waals surface area (Å²) in [7, 11) is 0. The lowest BCUT2D eigenvalue weighted by molar-refractivity contribution is 0.102. The Bertz CT molecular complexity index is 959. The van der Waals surface area contributed by atoms with E-state index in [-0.39, 0.29) is 17.7 Å². The molecule has 1 amide bonds. The molecule has 1 aliphatic rings. The highest BCUT2D eigenvalue weighted by molar-refractivity contribution is 6.03. The normalized spacial score (nSPS) is 15.7. The van der Waals surface area contributed by atoms with Crippen molar-refractivity contribution < 1.29 is 14.3 Å². The van der Waals surface area contributed by atoms with Gasteiger partial charge in [-0.3, -0.25) is 4.79 Å². The lowest BCUT2D eigenvalue weighted by Gasteiger charge is -2.13. The topological polar surface area (TPSA) is 85.4 Å². The third-order valence-electron chi connectivity index (χ3n) is 4.51. The van der Waals surface area contributed by atoms with Crippen molar-refractivity contribution in [1.29, 1.82) is 0 Å². The fraction of sp³-hybridized carbons (Fsp3) is 0.227. The first kappa shape index (κ1) is 18.9. The number of carbonyl (C=O) groups excluding carboxylic acids is 1. The largest absolute Gasteiger partial charge is 0.455 e. The molecule has 148 valence electrons. The maximum Gasteiger partial charge on any atom is 0.274 e. The van der Waals surface area contributed by atoms with Gasteiger partial charge in [0.05, 0.1) is 11.8 Å². The molecule has 1 fully saturated rings. The van der Waals surface area contributed by atoms with Gasteiger partial charge in [0.15, 0.2) is 5.75 Å². The Morgan fingerprint density at radius 1 is 1.10 bits per heavy atom. The smallest absolute Gasteiger partial charge is 0.274 e. The number of ether oxygens (including phenoxy) is 2. The van der Waals surface area contributed by atoms with Crippen molar-refractivity contribution >= 4 is 17.5 Å². The number of para-hydroxylation sites is 3. The summed E-state index contributed by atoms with van der Waals surface area (Å²) in [5.74, 6) is 1.31. The lowest BCUT2D eigenvalue weighted by Crippen LogP contribution is -2.21. The van der Waals surface area contributed by atoms with Gasteiger partial charge in [-0.25, -0.2) is 9.97 Å². The second-order valence-electron chi connectivity index (χ2n) is 6.65. The molecule has 0 bridgehead atoms. The van der Waals surface area contributed by atoms with E-state index >= 15 is 0 Å². The molecule has 2 N–H and O–H groups in total. The molecule has 0 radical (unpaired) electrons. The molecule has 2 aromatic carbocycles. The zero-order valence-electron chi connectivity index (χ0n) is 15.9. The summed E-state index contributed by atoms with van der Waals surface area (Å²) in [6.07, 6.45) is 3.82. The molecule has 1 aliphatic heterocycles. The molecule has 4 rings (SSSR count). The van der Waals surface area contributed by atoms with E-state index in [0.717, 1.165) is 19.4 Å². The third-order valence-corrected chi connectivity index (χ3v) is 4.51. The number of amides is 1. The van der Waals surface area contributed by atoms with Crippen LogP contribution in [0.15, 0.2) is 66.9 Å². The van der Waals surface area contributed by atoms with Crippen molar-refractivity contribution in [2.24, 2.45) is 0 Å². The van der Waals surface area contributed by atoms with Gasteiger partial charge in [0.1, 0.15) is 11.4 Å². The van der Waals surface area contributed by atoms with Crippen molar-refractivity contribution in [1.82, 2.24) is 9.97 Å². The minimum atomic E-state index is -0.336. The van der Waals surface area contributed by atoms with Crippen LogP contribution in [0, 0.1) is 0 Å². The van der Waals surface area contributed by atoms with Crippen LogP contribution >= 0.6 is 0 Å². The van der Waals surface area contributed by atoms with Crippen molar-refractivity contribution in [2.45, 2.75) is 18.9 Å². The van der Waals surface area contributed by atoms with Gasteiger partial charge in [0.2, 0.25) is 5.95 Å². The van der Waals surface area contributed by atoms with E-state index in [0.29, 0.717) is 29.7 Å². The first-order valence-electron chi connectivity index (χ1n) is 9.60. The predicted octanol–water partition coefficient (Wildman–Crippen LogP) is 4.11. The molecule has 2 heterocycles. The molecule has 7 heteroatoms. The molecule has 29 heavy (non-hydrogen) atoms. The molecule has 1 aromatic heterocycles. The Morgan fingerprint density at radius 2 is 1.93 bits per heavy atom. The molecule has 3 aromatic rings. The molecule has 1 saturated heterocycles. The average Bonchev–Trinajstić information content (AvgIpc) is 3.28. The molecule has 1 unspecified atom stereocenters. The van der Waals surface area contributed by atoms with Crippen LogP contribution in [0.4, 0.5) is 11.6 Å². The van der Waals surface area contributed by atoms with Gasteiger partial charge in [0.25, 0.3) is 5.91 Å². The maximum absolute atomic E-state index is 12.7. The van der Waals surface area contributed by atoms with E-state index in [1.54, 1.807) is 24.4 Å². The van der Waals surface area contributed by atoms with Gasteiger partial charge >= 0.3 is 0 Å². The van der Waals surface area contributed by atoms with E-state index in [1.165, 1.54) is 0 Å². The van der Waals surface area contributed by atoms with Gasteiger partial charge in [-0.05, 0) is 43.2 Å². The Morgan fingerprint density at radius 3 is 2.76 bits per heavy atom. The van der Waals surface area contributed by atoms with Gasteiger partial charge in [-0.2, -0.15) is 0 Å². The van der Waals surface area contributed by atoms with Crippen LogP contribution in [-0.4, -0.2) is 35.1 Å². The van der Waals surface area contributed by atoms with Crippen molar-refractivity contribution in [3.8, 4) is 11.5 Å². The quantitative estimate of drug-likeness (QED) is 0.631. The number of anilines is 2. The van der Waals surface area contributed by atoms with E-state index in [1.807, 2.05) is 42.5 Å². The summed E-state index contributed by atoms with van der Waals surface area (Å²) < 4.78 is 11.5. The summed E-state index contributed by atoms with van der Waals surface area (Å²) >= 11 is 0. The van der Waals surface area contributed by atoms with Crippen LogP contribution in [0.25, 0.3) is 0 Å². The van der Waals surface area contributed by atoms with Crippen LogP contribution in [0.3, 0.4) is 0 Å². The number of nitrogens with one attached hydrogen (secondary N) is 2. The van der Waals surface area contributed by atoms with Gasteiger partial charge < -0.3 is 20.1 Å². The predicted molar refractivity (Wildman–Crippen MR) is 110 cm³/mol. The highest BCUT2D eigenvalue weighted by Gasteiger charge is 2.16.